The Kier molecular flexibility index (Phi) is 7.45. The van der Waals surface area contributed by atoms with Crippen LogP contribution < -0.4 is 16.0 Å². The van der Waals surface area contributed by atoms with E-state index in [1.165, 1.54) is 6.92 Å². The molecule has 0 saturated carbocycles. The molecule has 0 aliphatic heterocycles. The van der Waals surface area contributed by atoms with Crippen LogP contribution >= 0.6 is 0 Å². The molecule has 0 saturated heterocycles. The normalized spacial score (nSPS) is 9.86. The van der Waals surface area contributed by atoms with Gasteiger partial charge < -0.3 is 21.1 Å². The molecule has 7 heteroatoms. The minimum Gasteiger partial charge on any atom is -0.481 e. The SMILES string of the molecule is CC(=O)Nc1ccc(CCNC(=O)NCCCC(=O)O)cc1. The van der Waals surface area contributed by atoms with E-state index in [0.29, 0.717) is 25.9 Å². The molecule has 22 heavy (non-hydrogen) atoms. The number of carboxylic acid groups (broad SMARTS) is 1. The van der Waals surface area contributed by atoms with Crippen molar-refractivity contribution in [2.45, 2.75) is 26.2 Å². The Labute approximate surface area is 129 Å². The number of carbonyl (C=O) groups excluding carboxylic acids is 2. The lowest BCUT2D eigenvalue weighted by Crippen LogP contribution is -2.37. The van der Waals surface area contributed by atoms with Crippen molar-refractivity contribution >= 4 is 23.6 Å². The maximum Gasteiger partial charge on any atom is 0.314 e. The first-order valence-corrected chi connectivity index (χ1v) is 7.07. The molecule has 0 aromatic heterocycles. The Hall–Kier alpha value is -2.57. The molecule has 0 spiro atoms. The first-order valence-electron chi connectivity index (χ1n) is 7.07. The number of hydrogen-bond acceptors (Lipinski definition) is 3. The van der Waals surface area contributed by atoms with E-state index in [2.05, 4.69) is 16.0 Å². The molecule has 1 rings (SSSR count). The van der Waals surface area contributed by atoms with Crippen LogP contribution in [0.15, 0.2) is 24.3 Å². The average Bonchev–Trinajstić information content (AvgIpc) is 2.45. The van der Waals surface area contributed by atoms with Gasteiger partial charge in [-0.2, -0.15) is 0 Å². The quantitative estimate of drug-likeness (QED) is 0.544. The third kappa shape index (κ3) is 7.88. The zero-order valence-corrected chi connectivity index (χ0v) is 12.5. The number of rotatable bonds is 8. The van der Waals surface area contributed by atoms with Gasteiger partial charge in [0.25, 0.3) is 0 Å². The molecule has 1 aromatic carbocycles. The summed E-state index contributed by atoms with van der Waals surface area (Å²) in [5, 5.41) is 16.4. The Morgan fingerprint density at radius 1 is 1.05 bits per heavy atom. The zero-order valence-electron chi connectivity index (χ0n) is 12.5. The molecule has 0 unspecified atom stereocenters. The fourth-order valence-corrected chi connectivity index (χ4v) is 1.78. The van der Waals surface area contributed by atoms with Crippen molar-refractivity contribution in [2.75, 3.05) is 18.4 Å². The Morgan fingerprint density at radius 2 is 1.68 bits per heavy atom. The van der Waals surface area contributed by atoms with Crippen LogP contribution in [-0.4, -0.2) is 36.1 Å². The largest absolute Gasteiger partial charge is 0.481 e. The maximum absolute atomic E-state index is 11.4. The summed E-state index contributed by atoms with van der Waals surface area (Å²) < 4.78 is 0. The molecule has 0 bridgehead atoms. The molecule has 7 nitrogen and oxygen atoms in total. The second-order valence-electron chi connectivity index (χ2n) is 4.81. The third-order valence-corrected chi connectivity index (χ3v) is 2.83. The lowest BCUT2D eigenvalue weighted by molar-refractivity contribution is -0.137. The van der Waals surface area contributed by atoms with Crippen molar-refractivity contribution < 1.29 is 19.5 Å². The van der Waals surface area contributed by atoms with E-state index < -0.39 is 5.97 Å². The van der Waals surface area contributed by atoms with Gasteiger partial charge in [-0.15, -0.1) is 0 Å². The van der Waals surface area contributed by atoms with Gasteiger partial charge in [-0.3, -0.25) is 9.59 Å². The molecule has 0 radical (unpaired) electrons. The highest BCUT2D eigenvalue weighted by Gasteiger charge is 2.01. The Balaban J connectivity index is 2.19. The highest BCUT2D eigenvalue weighted by Crippen LogP contribution is 2.09. The molecule has 1 aromatic rings. The number of amides is 3. The second kappa shape index (κ2) is 9.38. The van der Waals surface area contributed by atoms with E-state index in [9.17, 15) is 14.4 Å². The molecule has 0 aliphatic carbocycles. The van der Waals surface area contributed by atoms with Crippen molar-refractivity contribution in [3.8, 4) is 0 Å². The molecule has 120 valence electrons. The summed E-state index contributed by atoms with van der Waals surface area (Å²) in [5.41, 5.74) is 1.78. The van der Waals surface area contributed by atoms with Crippen molar-refractivity contribution in [1.29, 1.82) is 0 Å². The summed E-state index contributed by atoms with van der Waals surface area (Å²) in [6.07, 6.45) is 1.12. The van der Waals surface area contributed by atoms with Gasteiger partial charge in [0.1, 0.15) is 0 Å². The number of anilines is 1. The second-order valence-corrected chi connectivity index (χ2v) is 4.81. The number of hydrogen-bond donors (Lipinski definition) is 4. The summed E-state index contributed by atoms with van der Waals surface area (Å²) in [7, 11) is 0. The topological polar surface area (TPSA) is 108 Å². The van der Waals surface area contributed by atoms with Gasteiger partial charge in [0.05, 0.1) is 0 Å². The van der Waals surface area contributed by atoms with E-state index in [0.717, 1.165) is 11.3 Å². The van der Waals surface area contributed by atoms with Gasteiger partial charge in [0, 0.05) is 32.1 Å². The molecule has 0 aliphatic rings. The lowest BCUT2D eigenvalue weighted by atomic mass is 10.1. The minimum absolute atomic E-state index is 0.0426. The van der Waals surface area contributed by atoms with Crippen LogP contribution in [0.1, 0.15) is 25.3 Å². The standard InChI is InChI=1S/C15H21N3O4/c1-11(19)18-13-6-4-12(5-7-13)8-10-17-15(22)16-9-2-3-14(20)21/h4-7H,2-3,8-10H2,1H3,(H,18,19)(H,20,21)(H2,16,17,22). The van der Waals surface area contributed by atoms with Crippen molar-refractivity contribution in [1.82, 2.24) is 10.6 Å². The summed E-state index contributed by atoms with van der Waals surface area (Å²) in [6.45, 7) is 2.26. The molecule has 3 amide bonds. The van der Waals surface area contributed by atoms with Crippen LogP contribution in [0.3, 0.4) is 0 Å². The van der Waals surface area contributed by atoms with E-state index in [1.807, 2.05) is 24.3 Å². The van der Waals surface area contributed by atoms with E-state index >= 15 is 0 Å². The highest BCUT2D eigenvalue weighted by atomic mass is 16.4. The number of urea groups is 1. The van der Waals surface area contributed by atoms with Crippen LogP contribution in [0, 0.1) is 0 Å². The zero-order chi connectivity index (χ0) is 16.4. The lowest BCUT2D eigenvalue weighted by Gasteiger charge is -2.08. The number of carbonyl (C=O) groups is 3. The summed E-state index contributed by atoms with van der Waals surface area (Å²) in [5.74, 6) is -0.987. The van der Waals surface area contributed by atoms with Crippen LogP contribution in [0.4, 0.5) is 10.5 Å². The number of benzene rings is 1. The van der Waals surface area contributed by atoms with Gasteiger partial charge in [-0.1, -0.05) is 12.1 Å². The predicted octanol–water partition coefficient (Wildman–Crippen LogP) is 1.35. The molecule has 0 fully saturated rings. The third-order valence-electron chi connectivity index (χ3n) is 2.83. The highest BCUT2D eigenvalue weighted by molar-refractivity contribution is 5.88. The molecular formula is C15H21N3O4. The van der Waals surface area contributed by atoms with Gasteiger partial charge in [0.2, 0.25) is 5.91 Å². The van der Waals surface area contributed by atoms with Gasteiger partial charge in [-0.05, 0) is 30.5 Å². The van der Waals surface area contributed by atoms with E-state index in [4.69, 9.17) is 5.11 Å². The molecule has 4 N–H and O–H groups in total. The summed E-state index contributed by atoms with van der Waals surface area (Å²) in [6, 6.07) is 7.08. The number of aliphatic carboxylic acids is 1. The molecule has 0 heterocycles. The predicted molar refractivity (Wildman–Crippen MR) is 82.7 cm³/mol. The van der Waals surface area contributed by atoms with E-state index in [-0.39, 0.29) is 18.4 Å². The van der Waals surface area contributed by atoms with Crippen molar-refractivity contribution in [2.24, 2.45) is 0 Å². The van der Waals surface area contributed by atoms with Gasteiger partial charge in [-0.25, -0.2) is 4.79 Å². The van der Waals surface area contributed by atoms with Crippen LogP contribution in [0.25, 0.3) is 0 Å². The fraction of sp³-hybridized carbons (Fsp3) is 0.400. The maximum atomic E-state index is 11.4. The minimum atomic E-state index is -0.870. The number of carboxylic acids is 1. The fourth-order valence-electron chi connectivity index (χ4n) is 1.78. The smallest absolute Gasteiger partial charge is 0.314 e. The summed E-state index contributed by atoms with van der Waals surface area (Å²) >= 11 is 0. The monoisotopic (exact) mass is 307 g/mol. The van der Waals surface area contributed by atoms with Crippen molar-refractivity contribution in [3.05, 3.63) is 29.8 Å². The Morgan fingerprint density at radius 3 is 2.27 bits per heavy atom. The average molecular weight is 307 g/mol. The first kappa shape index (κ1) is 17.5. The van der Waals surface area contributed by atoms with Crippen LogP contribution in [-0.2, 0) is 16.0 Å². The Bertz CT molecular complexity index is 514. The van der Waals surface area contributed by atoms with E-state index in [1.54, 1.807) is 0 Å². The van der Waals surface area contributed by atoms with Crippen LogP contribution in [0.2, 0.25) is 0 Å². The molecular weight excluding hydrogens is 286 g/mol. The molecule has 0 atom stereocenters. The number of nitrogens with one attached hydrogen (secondary N) is 3. The van der Waals surface area contributed by atoms with Gasteiger partial charge >= 0.3 is 12.0 Å². The van der Waals surface area contributed by atoms with Crippen LogP contribution in [0.5, 0.6) is 0 Å². The summed E-state index contributed by atoms with van der Waals surface area (Å²) in [4.78, 5) is 32.6. The van der Waals surface area contributed by atoms with Gasteiger partial charge in [0.15, 0.2) is 0 Å². The first-order chi connectivity index (χ1) is 10.5. The van der Waals surface area contributed by atoms with Crippen molar-refractivity contribution in [3.63, 3.8) is 0 Å².